The monoisotopic (exact) mass is 467 g/mol. The van der Waals surface area contributed by atoms with Crippen LogP contribution in [-0.4, -0.2) is 42.8 Å². The van der Waals surface area contributed by atoms with Crippen molar-refractivity contribution in [3.63, 3.8) is 0 Å². The van der Waals surface area contributed by atoms with Crippen molar-refractivity contribution in [1.82, 2.24) is 4.90 Å². The van der Waals surface area contributed by atoms with Crippen LogP contribution in [0.4, 0.5) is 4.79 Å². The van der Waals surface area contributed by atoms with Crippen molar-refractivity contribution in [3.8, 4) is 0 Å². The van der Waals surface area contributed by atoms with Gasteiger partial charge in [0.25, 0.3) is 0 Å². The maximum Gasteiger partial charge on any atom is 0.410 e. The molecular weight excluding hydrogens is 414 g/mol. The Hall–Kier alpha value is -1.26. The molecule has 194 valence electrons. The normalized spacial score (nSPS) is 16.1. The van der Waals surface area contributed by atoms with E-state index in [0.717, 1.165) is 51.4 Å². The third-order valence-electron chi connectivity index (χ3n) is 6.73. The van der Waals surface area contributed by atoms with Crippen LogP contribution < -0.4 is 0 Å². The first-order valence-electron chi connectivity index (χ1n) is 14.3. The number of carbonyl (C=O) groups excluding carboxylic acids is 2. The van der Waals surface area contributed by atoms with E-state index in [1.54, 1.807) is 4.90 Å². The molecule has 1 fully saturated rings. The maximum atomic E-state index is 12.6. The average molecular weight is 468 g/mol. The highest BCUT2D eigenvalue weighted by atomic mass is 16.6. The highest BCUT2D eigenvalue weighted by molar-refractivity contribution is 5.81. The number of amides is 1. The maximum absolute atomic E-state index is 12.6. The summed E-state index contributed by atoms with van der Waals surface area (Å²) in [6, 6.07) is -0.469. The topological polar surface area (TPSA) is 55.8 Å². The van der Waals surface area contributed by atoms with Crippen molar-refractivity contribution < 1.29 is 19.1 Å². The molecule has 0 aliphatic carbocycles. The first kappa shape index (κ1) is 29.8. The Balaban J connectivity index is 2.05. The number of hydrogen-bond donors (Lipinski definition) is 0. The Morgan fingerprint density at radius 3 is 1.64 bits per heavy atom. The van der Waals surface area contributed by atoms with E-state index in [1.165, 1.54) is 70.6 Å². The van der Waals surface area contributed by atoms with Gasteiger partial charge < -0.3 is 9.47 Å². The fourth-order valence-electron chi connectivity index (χ4n) is 4.56. The van der Waals surface area contributed by atoms with Crippen LogP contribution in [0.25, 0.3) is 0 Å². The molecule has 1 amide bonds. The van der Waals surface area contributed by atoms with E-state index in [-0.39, 0.29) is 12.1 Å². The second-order valence-corrected chi connectivity index (χ2v) is 9.79. The summed E-state index contributed by atoms with van der Waals surface area (Å²) in [5.41, 5.74) is 0. The van der Waals surface area contributed by atoms with Gasteiger partial charge in [-0.2, -0.15) is 0 Å². The second kappa shape index (κ2) is 21.3. The van der Waals surface area contributed by atoms with Gasteiger partial charge in [-0.05, 0) is 32.1 Å². The highest BCUT2D eigenvalue weighted by Gasteiger charge is 2.34. The molecule has 5 heteroatoms. The summed E-state index contributed by atoms with van der Waals surface area (Å²) in [7, 11) is 0. The van der Waals surface area contributed by atoms with Crippen LogP contribution in [0, 0.1) is 0 Å². The molecule has 0 radical (unpaired) electrons. The van der Waals surface area contributed by atoms with Gasteiger partial charge in [-0.3, -0.25) is 4.90 Å². The number of likely N-dealkylation sites (tertiary alicyclic amines) is 1. The number of unbranched alkanes of at least 4 members (excludes halogenated alkanes) is 15. The molecule has 1 aliphatic heterocycles. The molecule has 0 bridgehead atoms. The summed E-state index contributed by atoms with van der Waals surface area (Å²) >= 11 is 0. The van der Waals surface area contributed by atoms with Gasteiger partial charge in [0.2, 0.25) is 0 Å². The number of hydrogen-bond acceptors (Lipinski definition) is 4. The van der Waals surface area contributed by atoms with Gasteiger partial charge >= 0.3 is 12.1 Å². The number of rotatable bonds is 20. The van der Waals surface area contributed by atoms with E-state index in [1.807, 2.05) is 0 Å². The van der Waals surface area contributed by atoms with Gasteiger partial charge in [-0.15, -0.1) is 0 Å². The van der Waals surface area contributed by atoms with Crippen LogP contribution in [-0.2, 0) is 14.3 Å². The van der Waals surface area contributed by atoms with Crippen molar-refractivity contribution in [2.75, 3.05) is 19.8 Å². The number of esters is 1. The fraction of sp³-hybridized carbons (Fsp3) is 0.929. The summed E-state index contributed by atoms with van der Waals surface area (Å²) in [5.74, 6) is -0.253. The van der Waals surface area contributed by atoms with Gasteiger partial charge in [-0.1, -0.05) is 110 Å². The second-order valence-electron chi connectivity index (χ2n) is 9.79. The molecule has 0 aromatic heterocycles. The van der Waals surface area contributed by atoms with Crippen LogP contribution in [0.2, 0.25) is 0 Å². The first-order chi connectivity index (χ1) is 16.2. The molecule has 1 aliphatic rings. The highest BCUT2D eigenvalue weighted by Crippen LogP contribution is 2.20. The lowest BCUT2D eigenvalue weighted by atomic mass is 10.0. The summed E-state index contributed by atoms with van der Waals surface area (Å²) in [6.07, 6.45) is 23.4. The largest absolute Gasteiger partial charge is 0.464 e. The minimum atomic E-state index is -0.469. The predicted octanol–water partition coefficient (Wildman–Crippen LogP) is 8.19. The van der Waals surface area contributed by atoms with E-state index >= 15 is 0 Å². The van der Waals surface area contributed by atoms with Gasteiger partial charge in [0.05, 0.1) is 13.2 Å². The molecule has 0 N–H and O–H groups in total. The molecule has 0 aromatic rings. The third-order valence-corrected chi connectivity index (χ3v) is 6.73. The quantitative estimate of drug-likeness (QED) is 0.134. The zero-order valence-electron chi connectivity index (χ0n) is 21.9. The molecule has 1 saturated heterocycles. The Kier molecular flexibility index (Phi) is 19.2. The van der Waals surface area contributed by atoms with Gasteiger partial charge in [0, 0.05) is 6.54 Å². The van der Waals surface area contributed by atoms with E-state index in [9.17, 15) is 9.59 Å². The van der Waals surface area contributed by atoms with Gasteiger partial charge in [0.15, 0.2) is 0 Å². The van der Waals surface area contributed by atoms with Crippen LogP contribution in [0.1, 0.15) is 142 Å². The molecule has 0 aromatic carbocycles. The molecule has 5 nitrogen and oxygen atoms in total. The summed E-state index contributed by atoms with van der Waals surface area (Å²) in [5, 5.41) is 0. The van der Waals surface area contributed by atoms with Crippen LogP contribution in [0.3, 0.4) is 0 Å². The predicted molar refractivity (Wildman–Crippen MR) is 136 cm³/mol. The Morgan fingerprint density at radius 1 is 0.636 bits per heavy atom. The number of carbonyl (C=O) groups is 2. The van der Waals surface area contributed by atoms with Crippen molar-refractivity contribution in [2.24, 2.45) is 0 Å². The SMILES string of the molecule is CCCCCCCCCCCCCCCOC(=O)C1CCCCN1C(=O)OCCCCCC. The Bertz CT molecular complexity index is 483. The lowest BCUT2D eigenvalue weighted by Gasteiger charge is -2.33. The molecular formula is C28H53NO4. The molecule has 1 unspecified atom stereocenters. The van der Waals surface area contributed by atoms with E-state index in [4.69, 9.17) is 9.47 Å². The molecule has 0 saturated carbocycles. The summed E-state index contributed by atoms with van der Waals surface area (Å²) < 4.78 is 10.9. The van der Waals surface area contributed by atoms with Crippen molar-refractivity contribution in [3.05, 3.63) is 0 Å². The number of piperidine rings is 1. The summed E-state index contributed by atoms with van der Waals surface area (Å²) in [4.78, 5) is 26.6. The Labute approximate surface area is 204 Å². The third kappa shape index (κ3) is 15.3. The average Bonchev–Trinajstić information content (AvgIpc) is 2.83. The van der Waals surface area contributed by atoms with E-state index in [2.05, 4.69) is 13.8 Å². The number of ether oxygens (including phenoxy) is 2. The number of nitrogens with zero attached hydrogens (tertiary/aromatic N) is 1. The fourth-order valence-corrected chi connectivity index (χ4v) is 4.56. The van der Waals surface area contributed by atoms with Crippen molar-refractivity contribution in [1.29, 1.82) is 0 Å². The molecule has 33 heavy (non-hydrogen) atoms. The molecule has 1 atom stereocenters. The molecule has 0 spiro atoms. The minimum absolute atomic E-state index is 0.253. The lowest BCUT2D eigenvalue weighted by molar-refractivity contribution is -0.150. The standard InChI is InChI=1S/C28H53NO4/c1-3-5-7-9-10-11-12-13-14-15-16-17-21-24-32-27(30)26-22-18-19-23-29(26)28(31)33-25-20-8-6-4-2/h26H,3-25H2,1-2H3. The lowest BCUT2D eigenvalue weighted by Crippen LogP contribution is -2.49. The van der Waals surface area contributed by atoms with E-state index < -0.39 is 6.04 Å². The van der Waals surface area contributed by atoms with Crippen LogP contribution in [0.5, 0.6) is 0 Å². The molecule has 1 rings (SSSR count). The zero-order valence-corrected chi connectivity index (χ0v) is 21.9. The van der Waals surface area contributed by atoms with Crippen LogP contribution >= 0.6 is 0 Å². The first-order valence-corrected chi connectivity index (χ1v) is 14.3. The van der Waals surface area contributed by atoms with Gasteiger partial charge in [0.1, 0.15) is 6.04 Å². The van der Waals surface area contributed by atoms with Crippen molar-refractivity contribution >= 4 is 12.1 Å². The Morgan fingerprint density at radius 2 is 1.09 bits per heavy atom. The van der Waals surface area contributed by atoms with Crippen LogP contribution in [0.15, 0.2) is 0 Å². The van der Waals surface area contributed by atoms with Gasteiger partial charge in [-0.25, -0.2) is 9.59 Å². The molecule has 1 heterocycles. The zero-order chi connectivity index (χ0) is 24.0. The van der Waals surface area contributed by atoms with E-state index in [0.29, 0.717) is 26.2 Å². The van der Waals surface area contributed by atoms with Crippen molar-refractivity contribution in [2.45, 2.75) is 148 Å². The minimum Gasteiger partial charge on any atom is -0.464 e. The smallest absolute Gasteiger partial charge is 0.410 e. The summed E-state index contributed by atoms with van der Waals surface area (Å²) in [6.45, 7) is 5.92.